The van der Waals surface area contributed by atoms with Crippen molar-refractivity contribution in [3.63, 3.8) is 0 Å². The number of nitrogens with zero attached hydrogens (tertiary/aromatic N) is 3. The Labute approximate surface area is 336 Å². The number of rotatable bonds is 6. The van der Waals surface area contributed by atoms with Gasteiger partial charge in [-0.25, -0.2) is 15.0 Å². The fraction of sp³-hybridized carbons (Fsp3) is 0. The van der Waals surface area contributed by atoms with Crippen molar-refractivity contribution in [2.24, 2.45) is 0 Å². The van der Waals surface area contributed by atoms with E-state index in [0.29, 0.717) is 5.82 Å². The summed E-state index contributed by atoms with van der Waals surface area (Å²) in [6, 6.07) is 75.3. The van der Waals surface area contributed by atoms with Gasteiger partial charge in [0, 0.05) is 33.0 Å². The molecule has 0 atom stereocenters. The molecule has 11 rings (SSSR count). The molecule has 9 aromatic carbocycles. The zero-order chi connectivity index (χ0) is 38.4. The molecule has 0 radical (unpaired) electrons. The van der Waals surface area contributed by atoms with E-state index in [4.69, 9.17) is 15.0 Å². The summed E-state index contributed by atoms with van der Waals surface area (Å²) in [5, 5.41) is 8.33. The van der Waals surface area contributed by atoms with E-state index in [9.17, 15) is 0 Å². The van der Waals surface area contributed by atoms with Crippen molar-refractivity contribution in [1.29, 1.82) is 0 Å². The van der Waals surface area contributed by atoms with Crippen molar-refractivity contribution in [2.75, 3.05) is 0 Å². The number of pyridine rings is 1. The number of benzene rings is 9. The molecule has 0 amide bonds. The second-order valence-electron chi connectivity index (χ2n) is 14.8. The van der Waals surface area contributed by atoms with Gasteiger partial charge in [-0.1, -0.05) is 182 Å². The Bertz CT molecular complexity index is 3260. The monoisotopic (exact) mass is 737 g/mol. The number of hydrogen-bond donors (Lipinski definition) is 0. The van der Waals surface area contributed by atoms with Gasteiger partial charge in [-0.2, -0.15) is 0 Å². The van der Waals surface area contributed by atoms with Crippen LogP contribution in [0.2, 0.25) is 0 Å². The van der Waals surface area contributed by atoms with E-state index in [0.717, 1.165) is 66.8 Å². The van der Waals surface area contributed by atoms with Gasteiger partial charge in [0.1, 0.15) is 0 Å². The highest BCUT2D eigenvalue weighted by atomic mass is 14.9. The maximum atomic E-state index is 5.49. The van der Waals surface area contributed by atoms with E-state index in [1.54, 1.807) is 0 Å². The highest BCUT2D eigenvalue weighted by Gasteiger charge is 2.17. The first-order chi connectivity index (χ1) is 28.7. The van der Waals surface area contributed by atoms with Crippen LogP contribution in [0.1, 0.15) is 0 Å². The molecule has 270 valence electrons. The van der Waals surface area contributed by atoms with Gasteiger partial charge in [-0.15, -0.1) is 0 Å². The Morgan fingerprint density at radius 2 is 0.672 bits per heavy atom. The van der Waals surface area contributed by atoms with E-state index in [1.807, 2.05) is 36.4 Å². The van der Waals surface area contributed by atoms with Crippen LogP contribution in [0.25, 0.3) is 111 Å². The average Bonchev–Trinajstić information content (AvgIpc) is 3.31. The van der Waals surface area contributed by atoms with E-state index < -0.39 is 0 Å². The molecule has 58 heavy (non-hydrogen) atoms. The van der Waals surface area contributed by atoms with Crippen LogP contribution in [-0.4, -0.2) is 15.0 Å². The average molecular weight is 738 g/mol. The summed E-state index contributed by atoms with van der Waals surface area (Å²) in [6.07, 6.45) is 0. The summed E-state index contributed by atoms with van der Waals surface area (Å²) >= 11 is 0. The summed E-state index contributed by atoms with van der Waals surface area (Å²) in [6.45, 7) is 0. The van der Waals surface area contributed by atoms with Crippen molar-refractivity contribution in [3.8, 4) is 67.4 Å². The first-order valence-corrected chi connectivity index (χ1v) is 19.7. The quantitative estimate of drug-likeness (QED) is 0.160. The van der Waals surface area contributed by atoms with Gasteiger partial charge < -0.3 is 0 Å². The van der Waals surface area contributed by atoms with Gasteiger partial charge in [-0.3, -0.25) is 0 Å². The standard InChI is InChI=1S/C55H35N3/c1-3-15-38(16-4-1)52-35-53(58-55(57-52)41-17-5-2-6-18-41)40-27-25-39(26-28-40)51-34-49(45-30-24-37-14-8-10-20-43(37)32-45)50-33-48(46-21-11-12-22-47(46)54(50)56-51)44-29-23-36-13-7-9-19-42(36)31-44/h1-35H. The molecule has 0 fully saturated rings. The fourth-order valence-corrected chi connectivity index (χ4v) is 8.27. The highest BCUT2D eigenvalue weighted by molar-refractivity contribution is 6.16. The highest BCUT2D eigenvalue weighted by Crippen LogP contribution is 2.41. The molecule has 3 heteroatoms. The second-order valence-corrected chi connectivity index (χ2v) is 14.8. The minimum absolute atomic E-state index is 0.701. The minimum atomic E-state index is 0.701. The van der Waals surface area contributed by atoms with Crippen LogP contribution in [0.3, 0.4) is 0 Å². The predicted molar refractivity (Wildman–Crippen MR) is 242 cm³/mol. The van der Waals surface area contributed by atoms with Gasteiger partial charge in [0.25, 0.3) is 0 Å². The number of hydrogen-bond acceptors (Lipinski definition) is 3. The summed E-state index contributed by atoms with van der Waals surface area (Å²) in [5.74, 6) is 0.701. The topological polar surface area (TPSA) is 38.7 Å². The van der Waals surface area contributed by atoms with Crippen LogP contribution >= 0.6 is 0 Å². The molecular weight excluding hydrogens is 703 g/mol. The lowest BCUT2D eigenvalue weighted by atomic mass is 9.90. The van der Waals surface area contributed by atoms with Crippen molar-refractivity contribution < 1.29 is 0 Å². The number of fused-ring (bicyclic) bond motifs is 5. The third-order valence-electron chi connectivity index (χ3n) is 11.2. The first kappa shape index (κ1) is 33.6. The van der Waals surface area contributed by atoms with E-state index in [1.165, 1.54) is 38.1 Å². The summed E-state index contributed by atoms with van der Waals surface area (Å²) in [7, 11) is 0. The molecule has 0 saturated heterocycles. The van der Waals surface area contributed by atoms with Crippen LogP contribution in [0.15, 0.2) is 212 Å². The lowest BCUT2D eigenvalue weighted by molar-refractivity contribution is 1.18. The third-order valence-corrected chi connectivity index (χ3v) is 11.2. The lowest BCUT2D eigenvalue weighted by Crippen LogP contribution is -1.96. The smallest absolute Gasteiger partial charge is 0.160 e. The Kier molecular flexibility index (Phi) is 8.15. The van der Waals surface area contributed by atoms with Gasteiger partial charge in [0.05, 0.1) is 22.6 Å². The predicted octanol–water partition coefficient (Wildman–Crippen LogP) is 14.5. The molecule has 11 aromatic rings. The first-order valence-electron chi connectivity index (χ1n) is 19.7. The van der Waals surface area contributed by atoms with Gasteiger partial charge in [-0.05, 0) is 79.5 Å². The third kappa shape index (κ3) is 6.07. The van der Waals surface area contributed by atoms with E-state index >= 15 is 0 Å². The summed E-state index contributed by atoms with van der Waals surface area (Å²) in [5.41, 5.74) is 12.5. The maximum Gasteiger partial charge on any atom is 0.160 e. The molecule has 0 N–H and O–H groups in total. The molecule has 2 aromatic heterocycles. The minimum Gasteiger partial charge on any atom is -0.247 e. The normalized spacial score (nSPS) is 11.4. The molecule has 0 aliphatic carbocycles. The summed E-state index contributed by atoms with van der Waals surface area (Å²) < 4.78 is 0. The molecular formula is C55H35N3. The van der Waals surface area contributed by atoms with Crippen molar-refractivity contribution >= 4 is 43.2 Å². The van der Waals surface area contributed by atoms with Crippen LogP contribution < -0.4 is 0 Å². The Morgan fingerprint density at radius 1 is 0.241 bits per heavy atom. The molecule has 0 saturated carbocycles. The Morgan fingerprint density at radius 3 is 1.26 bits per heavy atom. The zero-order valence-corrected chi connectivity index (χ0v) is 31.5. The van der Waals surface area contributed by atoms with Crippen LogP contribution in [0, 0.1) is 0 Å². The molecule has 3 nitrogen and oxygen atoms in total. The van der Waals surface area contributed by atoms with Crippen molar-refractivity contribution in [1.82, 2.24) is 15.0 Å². The molecule has 0 aliphatic rings. The molecule has 0 spiro atoms. The van der Waals surface area contributed by atoms with E-state index in [2.05, 4.69) is 176 Å². The maximum absolute atomic E-state index is 5.49. The SMILES string of the molecule is c1ccc(-c2cc(-c3ccc(-c4cc(-c5ccc6ccccc6c5)c5cc(-c6ccc7ccccc7c6)c6ccccc6c5n4)cc3)nc(-c3ccccc3)n2)cc1. The van der Waals surface area contributed by atoms with Crippen LogP contribution in [-0.2, 0) is 0 Å². The molecule has 0 bridgehead atoms. The molecule has 0 aliphatic heterocycles. The molecule has 0 unspecified atom stereocenters. The number of aromatic nitrogens is 3. The van der Waals surface area contributed by atoms with Gasteiger partial charge in [0.15, 0.2) is 5.82 Å². The Hall–Kier alpha value is -7.75. The largest absolute Gasteiger partial charge is 0.247 e. The van der Waals surface area contributed by atoms with Gasteiger partial charge >= 0.3 is 0 Å². The zero-order valence-electron chi connectivity index (χ0n) is 31.5. The fourth-order valence-electron chi connectivity index (χ4n) is 8.27. The van der Waals surface area contributed by atoms with Crippen LogP contribution in [0.5, 0.6) is 0 Å². The molecule has 2 heterocycles. The Balaban J connectivity index is 1.09. The second kappa shape index (κ2) is 14.1. The summed E-state index contributed by atoms with van der Waals surface area (Å²) in [4.78, 5) is 15.6. The van der Waals surface area contributed by atoms with Crippen molar-refractivity contribution in [3.05, 3.63) is 212 Å². The van der Waals surface area contributed by atoms with E-state index in [-0.39, 0.29) is 0 Å². The van der Waals surface area contributed by atoms with Gasteiger partial charge in [0.2, 0.25) is 0 Å². The van der Waals surface area contributed by atoms with Crippen LogP contribution in [0.4, 0.5) is 0 Å². The van der Waals surface area contributed by atoms with Crippen molar-refractivity contribution in [2.45, 2.75) is 0 Å². The lowest BCUT2D eigenvalue weighted by Gasteiger charge is -2.16.